The Labute approximate surface area is 222 Å². The smallest absolute Gasteiger partial charge is 0.274 e. The Kier molecular flexibility index (Phi) is 8.29. The number of nitrogens with two attached hydrogens (primary N) is 1. The van der Waals surface area contributed by atoms with E-state index in [4.69, 9.17) is 4.74 Å². The number of rotatable bonds is 8. The highest BCUT2D eigenvalue weighted by Crippen LogP contribution is 2.32. The number of quaternary nitrogens is 1. The number of nitrogens with zero attached hydrogens (tertiary/aromatic N) is 3. The van der Waals surface area contributed by atoms with Gasteiger partial charge in [-0.15, -0.1) is 5.53 Å². The molecule has 0 saturated carbocycles. The van der Waals surface area contributed by atoms with Crippen molar-refractivity contribution in [2.75, 3.05) is 30.6 Å². The van der Waals surface area contributed by atoms with Gasteiger partial charge >= 0.3 is 0 Å². The van der Waals surface area contributed by atoms with Gasteiger partial charge in [0.15, 0.2) is 5.70 Å². The highest BCUT2D eigenvalue weighted by molar-refractivity contribution is 6.07. The highest BCUT2D eigenvalue weighted by Gasteiger charge is 2.27. The molecule has 0 atom stereocenters. The van der Waals surface area contributed by atoms with Crippen molar-refractivity contribution in [1.82, 2.24) is 15.7 Å². The van der Waals surface area contributed by atoms with Crippen molar-refractivity contribution in [3.05, 3.63) is 58.7 Å². The minimum absolute atomic E-state index is 0.0500. The second-order valence-electron chi connectivity index (χ2n) is 11.0. The number of carbonyl (C=O) groups excluding carboxylic acids is 2. The number of benzene rings is 1. The summed E-state index contributed by atoms with van der Waals surface area (Å²) in [5.41, 5.74) is 7.31. The van der Waals surface area contributed by atoms with Crippen LogP contribution in [0, 0.1) is 23.7 Å². The number of aliphatic hydroxyl groups is 1. The van der Waals surface area contributed by atoms with Crippen LogP contribution in [0.25, 0.3) is 0 Å². The van der Waals surface area contributed by atoms with Crippen molar-refractivity contribution in [1.29, 1.82) is 5.26 Å². The maximum Gasteiger partial charge on any atom is 0.274 e. The summed E-state index contributed by atoms with van der Waals surface area (Å²) in [4.78, 5) is 30.3. The first-order chi connectivity index (χ1) is 17.8. The number of ether oxygens (including phenoxy) is 1. The fraction of sp³-hybridized carbons (Fsp3) is 0.407. The third-order valence-electron chi connectivity index (χ3n) is 6.15. The summed E-state index contributed by atoms with van der Waals surface area (Å²) in [5, 5.41) is 26.4. The van der Waals surface area contributed by atoms with Crippen LogP contribution >= 0.6 is 0 Å². The van der Waals surface area contributed by atoms with Gasteiger partial charge in [-0.25, -0.2) is 5.43 Å². The molecule has 11 heteroatoms. The number of carbonyl (C=O) groups is 2. The summed E-state index contributed by atoms with van der Waals surface area (Å²) >= 11 is 0. The van der Waals surface area contributed by atoms with E-state index in [1.807, 2.05) is 41.5 Å². The maximum atomic E-state index is 13.3. The second kappa shape index (κ2) is 11.1. The predicted octanol–water partition coefficient (Wildman–Crippen LogP) is 1.60. The largest absolute Gasteiger partial charge is 0.495 e. The van der Waals surface area contributed by atoms with E-state index in [0.29, 0.717) is 29.3 Å². The van der Waals surface area contributed by atoms with Gasteiger partial charge in [-0.3, -0.25) is 14.6 Å². The Morgan fingerprint density at radius 2 is 1.92 bits per heavy atom. The van der Waals surface area contributed by atoms with Gasteiger partial charge < -0.3 is 20.5 Å². The molecule has 0 bridgehead atoms. The number of amides is 2. The van der Waals surface area contributed by atoms with Gasteiger partial charge in [0.1, 0.15) is 17.5 Å². The number of nitriles is 1. The number of anilines is 2. The molecule has 2 aromatic rings. The third kappa shape index (κ3) is 6.40. The zero-order chi connectivity index (χ0) is 28.3. The number of aryl methyl sites for hydroxylation is 1. The predicted molar refractivity (Wildman–Crippen MR) is 143 cm³/mol. The average Bonchev–Trinajstić information content (AvgIpc) is 3.37. The molecule has 38 heavy (non-hydrogen) atoms. The van der Waals surface area contributed by atoms with E-state index in [0.717, 1.165) is 5.56 Å². The van der Waals surface area contributed by atoms with Crippen molar-refractivity contribution in [3.63, 3.8) is 0 Å². The Hall–Kier alpha value is -4.14. The Balaban J connectivity index is 1.85. The molecule has 0 spiro atoms. The molecule has 2 amide bonds. The molecular formula is C27H36N7O4+. The highest BCUT2D eigenvalue weighted by atomic mass is 16.5. The zero-order valence-electron chi connectivity index (χ0n) is 22.9. The van der Waals surface area contributed by atoms with E-state index in [1.165, 1.54) is 7.11 Å². The minimum Gasteiger partial charge on any atom is -0.495 e. The number of pyridine rings is 1. The number of nitrogens with one attached hydrogen (secondary N) is 3. The molecule has 0 saturated heterocycles. The summed E-state index contributed by atoms with van der Waals surface area (Å²) in [6.45, 7) is 11.8. The third-order valence-corrected chi connectivity index (χ3v) is 6.15. The van der Waals surface area contributed by atoms with Crippen LogP contribution in [0.3, 0.4) is 0 Å². The van der Waals surface area contributed by atoms with Crippen LogP contribution in [0.5, 0.6) is 5.75 Å². The van der Waals surface area contributed by atoms with Gasteiger partial charge in [0.05, 0.1) is 42.0 Å². The van der Waals surface area contributed by atoms with E-state index < -0.39 is 11.3 Å². The van der Waals surface area contributed by atoms with Gasteiger partial charge in [-0.2, -0.15) is 10.3 Å². The molecule has 1 aliphatic rings. The minimum atomic E-state index is -0.438. The Bertz CT molecular complexity index is 1310. The second-order valence-corrected chi connectivity index (χ2v) is 11.0. The topological polar surface area (TPSA) is 156 Å². The van der Waals surface area contributed by atoms with Crippen molar-refractivity contribution >= 4 is 23.2 Å². The van der Waals surface area contributed by atoms with Crippen LogP contribution in [-0.4, -0.2) is 42.2 Å². The Morgan fingerprint density at radius 1 is 1.21 bits per heavy atom. The van der Waals surface area contributed by atoms with E-state index in [-0.39, 0.29) is 34.8 Å². The summed E-state index contributed by atoms with van der Waals surface area (Å²) in [5.74, 6) is -0.538. The van der Waals surface area contributed by atoms with E-state index >= 15 is 0 Å². The summed E-state index contributed by atoms with van der Waals surface area (Å²) in [6.07, 6.45) is 3.17. The molecule has 3 rings (SSSR count). The van der Waals surface area contributed by atoms with Crippen molar-refractivity contribution in [3.8, 4) is 11.8 Å². The molecule has 1 aromatic carbocycles. The van der Waals surface area contributed by atoms with Crippen molar-refractivity contribution < 1.29 is 25.0 Å². The standard InChI is InChI=1S/C27H35N7O4/c1-16-22(34-13-21(32-33-34)25(37)30-14-27(5,6)15-35)10-19(12-29-16)31-24(36)20-9-18(26(2,3)4)8-17(11-28)23(20)38-7/h8-10,12-13,32-33,35H,14-15H2,1-7H3,(H,30,37)(H,31,36)/p+1. The van der Waals surface area contributed by atoms with Crippen LogP contribution in [0.15, 0.2) is 36.3 Å². The fourth-order valence-electron chi connectivity index (χ4n) is 3.67. The average molecular weight is 523 g/mol. The molecule has 2 heterocycles. The molecule has 202 valence electrons. The van der Waals surface area contributed by atoms with Gasteiger partial charge in [-0.1, -0.05) is 34.6 Å². The van der Waals surface area contributed by atoms with Gasteiger partial charge in [0, 0.05) is 18.6 Å². The van der Waals surface area contributed by atoms with Crippen LogP contribution in [0.4, 0.5) is 11.4 Å². The van der Waals surface area contributed by atoms with Crippen LogP contribution < -0.4 is 31.3 Å². The first kappa shape index (κ1) is 28.4. The van der Waals surface area contributed by atoms with Gasteiger partial charge in [-0.05, 0) is 36.1 Å². The van der Waals surface area contributed by atoms with Crippen molar-refractivity contribution in [2.24, 2.45) is 5.41 Å². The van der Waals surface area contributed by atoms with E-state index in [2.05, 4.69) is 27.1 Å². The Morgan fingerprint density at radius 3 is 2.53 bits per heavy atom. The molecule has 6 N–H and O–H groups in total. The summed E-state index contributed by atoms with van der Waals surface area (Å²) in [7, 11) is 1.43. The molecule has 11 nitrogen and oxygen atoms in total. The normalized spacial score (nSPS) is 13.3. The molecule has 1 aliphatic heterocycles. The molecular weight excluding hydrogens is 486 g/mol. The molecule has 0 fully saturated rings. The maximum absolute atomic E-state index is 13.3. The number of methoxy groups -OCH3 is 1. The zero-order valence-corrected chi connectivity index (χ0v) is 22.9. The lowest BCUT2D eigenvalue weighted by molar-refractivity contribution is -0.699. The van der Waals surface area contributed by atoms with E-state index in [1.54, 1.807) is 41.1 Å². The summed E-state index contributed by atoms with van der Waals surface area (Å²) < 4.78 is 5.42. The quantitative estimate of drug-likeness (QED) is 0.327. The number of hydrogen-bond donors (Lipinski definition) is 5. The monoisotopic (exact) mass is 522 g/mol. The van der Waals surface area contributed by atoms with Gasteiger partial charge in [0.2, 0.25) is 0 Å². The van der Waals surface area contributed by atoms with E-state index in [9.17, 15) is 20.0 Å². The molecule has 0 aliphatic carbocycles. The lowest BCUT2D eigenvalue weighted by Gasteiger charge is -2.22. The number of hydrogen-bond acceptors (Lipinski definition) is 8. The summed E-state index contributed by atoms with van der Waals surface area (Å²) in [6, 6.07) is 7.34. The van der Waals surface area contributed by atoms with Crippen LogP contribution in [0.1, 0.15) is 61.8 Å². The molecule has 0 unspecified atom stereocenters. The number of aromatic nitrogens is 1. The van der Waals surface area contributed by atoms with Crippen LogP contribution in [-0.2, 0) is 10.2 Å². The lowest BCUT2D eigenvalue weighted by atomic mass is 9.84. The van der Waals surface area contributed by atoms with Crippen molar-refractivity contribution in [2.45, 2.75) is 47.0 Å². The first-order valence-electron chi connectivity index (χ1n) is 12.2. The molecule has 1 aromatic heterocycles. The van der Waals surface area contributed by atoms with Gasteiger partial charge in [0.25, 0.3) is 11.8 Å². The SMILES string of the molecule is COc1c(C#N)cc(C(C)(C)C)cc1C(=O)Nc1cnc(C)c(N2C=C(C(=O)NCC(C)(C)CO)N[NH2+]2)c1. The first-order valence-corrected chi connectivity index (χ1v) is 12.2. The lowest BCUT2D eigenvalue weighted by Crippen LogP contribution is -2.98. The van der Waals surface area contributed by atoms with Crippen LogP contribution in [0.2, 0.25) is 0 Å². The number of aliphatic hydroxyl groups excluding tert-OH is 1. The fourth-order valence-corrected chi connectivity index (χ4v) is 3.67. The molecule has 0 radical (unpaired) electrons.